The van der Waals surface area contributed by atoms with E-state index in [1.807, 2.05) is 0 Å². The second-order valence-corrected chi connectivity index (χ2v) is 5.54. The monoisotopic (exact) mass is 374 g/mol. The van der Waals surface area contributed by atoms with Gasteiger partial charge in [-0.2, -0.15) is 0 Å². The van der Waals surface area contributed by atoms with E-state index in [1.54, 1.807) is 19.1 Å². The fourth-order valence-corrected chi connectivity index (χ4v) is 2.30. The van der Waals surface area contributed by atoms with Gasteiger partial charge in [0.2, 0.25) is 0 Å². The van der Waals surface area contributed by atoms with Gasteiger partial charge in [-0.3, -0.25) is 0 Å². The predicted octanol–water partition coefficient (Wildman–Crippen LogP) is 4.39. The van der Waals surface area contributed by atoms with Crippen molar-refractivity contribution in [1.82, 2.24) is 9.97 Å². The molecule has 1 heterocycles. The molecule has 0 fully saturated rings. The summed E-state index contributed by atoms with van der Waals surface area (Å²) in [5, 5.41) is 14.4. The van der Waals surface area contributed by atoms with E-state index >= 15 is 0 Å². The Hall–Kier alpha value is -3.62. The number of carbonyl (C=O) groups is 1. The standard InChI is InChI=1S/C18H13F3N4O2/c1-9-22-14(24-11-4-2-10(3-5-11)18(26)27)8-15(23-9)25-13-7-6-12(19)16(20)17(13)21/h2-8H,1H3,(H,26,27)(H2,22,23,24,25). The summed E-state index contributed by atoms with van der Waals surface area (Å²) < 4.78 is 40.2. The lowest BCUT2D eigenvalue weighted by Crippen LogP contribution is -2.04. The quantitative estimate of drug-likeness (QED) is 0.574. The molecule has 2 aromatic carbocycles. The topological polar surface area (TPSA) is 87.1 Å². The number of hydrogen-bond acceptors (Lipinski definition) is 5. The van der Waals surface area contributed by atoms with Crippen LogP contribution in [0.25, 0.3) is 0 Å². The second-order valence-electron chi connectivity index (χ2n) is 5.54. The van der Waals surface area contributed by atoms with Crippen molar-refractivity contribution in [3.63, 3.8) is 0 Å². The molecule has 0 aliphatic rings. The third-order valence-corrected chi connectivity index (χ3v) is 3.54. The van der Waals surface area contributed by atoms with Crippen LogP contribution in [-0.2, 0) is 0 Å². The van der Waals surface area contributed by atoms with E-state index in [1.165, 1.54) is 18.2 Å². The lowest BCUT2D eigenvalue weighted by atomic mass is 10.2. The molecule has 0 amide bonds. The van der Waals surface area contributed by atoms with E-state index in [4.69, 9.17) is 5.11 Å². The van der Waals surface area contributed by atoms with Crippen molar-refractivity contribution in [3.8, 4) is 0 Å². The molecule has 0 aliphatic heterocycles. The number of aromatic carboxylic acids is 1. The Morgan fingerprint density at radius 2 is 1.56 bits per heavy atom. The molecule has 9 heteroatoms. The summed E-state index contributed by atoms with van der Waals surface area (Å²) >= 11 is 0. The molecular weight excluding hydrogens is 361 g/mol. The number of rotatable bonds is 5. The number of anilines is 4. The summed E-state index contributed by atoms with van der Waals surface area (Å²) in [6.07, 6.45) is 0. The van der Waals surface area contributed by atoms with Crippen LogP contribution < -0.4 is 10.6 Å². The highest BCUT2D eigenvalue weighted by Gasteiger charge is 2.14. The maximum Gasteiger partial charge on any atom is 0.335 e. The van der Waals surface area contributed by atoms with Gasteiger partial charge in [-0.15, -0.1) is 0 Å². The molecule has 0 spiro atoms. The first-order valence-electron chi connectivity index (χ1n) is 7.70. The van der Waals surface area contributed by atoms with Crippen LogP contribution in [0.5, 0.6) is 0 Å². The van der Waals surface area contributed by atoms with Crippen LogP contribution in [0, 0.1) is 24.4 Å². The number of benzene rings is 2. The van der Waals surface area contributed by atoms with Gasteiger partial charge < -0.3 is 15.7 Å². The van der Waals surface area contributed by atoms with Gasteiger partial charge in [0.25, 0.3) is 0 Å². The summed E-state index contributed by atoms with van der Waals surface area (Å²) in [5.41, 5.74) is 0.433. The van der Waals surface area contributed by atoms with Gasteiger partial charge in [-0.25, -0.2) is 27.9 Å². The Kier molecular flexibility index (Phi) is 4.93. The first-order chi connectivity index (χ1) is 12.8. The lowest BCUT2D eigenvalue weighted by Gasteiger charge is -2.11. The SMILES string of the molecule is Cc1nc(Nc2ccc(C(=O)O)cc2)cc(Nc2ccc(F)c(F)c2F)n1. The Morgan fingerprint density at radius 1 is 0.926 bits per heavy atom. The van der Waals surface area contributed by atoms with Gasteiger partial charge in [0.15, 0.2) is 17.5 Å². The van der Waals surface area contributed by atoms with Crippen molar-refractivity contribution < 1.29 is 23.1 Å². The van der Waals surface area contributed by atoms with Crippen molar-refractivity contribution in [2.45, 2.75) is 6.92 Å². The van der Waals surface area contributed by atoms with Crippen LogP contribution in [-0.4, -0.2) is 21.0 Å². The molecule has 138 valence electrons. The van der Waals surface area contributed by atoms with Crippen LogP contribution >= 0.6 is 0 Å². The Bertz CT molecular complexity index is 1010. The molecule has 3 N–H and O–H groups in total. The Morgan fingerprint density at radius 3 is 2.19 bits per heavy atom. The van der Waals surface area contributed by atoms with E-state index in [9.17, 15) is 18.0 Å². The van der Waals surface area contributed by atoms with E-state index in [0.717, 1.165) is 12.1 Å². The zero-order valence-corrected chi connectivity index (χ0v) is 13.9. The van der Waals surface area contributed by atoms with E-state index in [-0.39, 0.29) is 17.1 Å². The summed E-state index contributed by atoms with van der Waals surface area (Å²) in [6.45, 7) is 1.60. The molecule has 0 unspecified atom stereocenters. The molecule has 0 saturated carbocycles. The fraction of sp³-hybridized carbons (Fsp3) is 0.0556. The largest absolute Gasteiger partial charge is 0.478 e. The zero-order chi connectivity index (χ0) is 19.6. The highest BCUT2D eigenvalue weighted by Crippen LogP contribution is 2.24. The van der Waals surface area contributed by atoms with E-state index < -0.39 is 23.4 Å². The Labute approximate surface area is 151 Å². The first kappa shape index (κ1) is 18.2. The van der Waals surface area contributed by atoms with Crippen molar-refractivity contribution in [3.05, 3.63) is 71.3 Å². The number of aromatic nitrogens is 2. The number of carboxylic acids is 1. The minimum absolute atomic E-state index is 0.135. The van der Waals surface area contributed by atoms with Crippen molar-refractivity contribution in [2.75, 3.05) is 10.6 Å². The average Bonchev–Trinajstić information content (AvgIpc) is 2.62. The van der Waals surface area contributed by atoms with Crippen LogP contribution in [0.4, 0.5) is 36.2 Å². The number of aryl methyl sites for hydroxylation is 1. The van der Waals surface area contributed by atoms with Crippen LogP contribution in [0.1, 0.15) is 16.2 Å². The summed E-state index contributed by atoms with van der Waals surface area (Å²) in [4.78, 5) is 19.1. The summed E-state index contributed by atoms with van der Waals surface area (Å²) in [7, 11) is 0. The number of nitrogens with one attached hydrogen (secondary N) is 2. The predicted molar refractivity (Wildman–Crippen MR) is 93.1 cm³/mol. The van der Waals surface area contributed by atoms with Crippen LogP contribution in [0.15, 0.2) is 42.5 Å². The van der Waals surface area contributed by atoms with Crippen LogP contribution in [0.3, 0.4) is 0 Å². The van der Waals surface area contributed by atoms with Gasteiger partial charge in [-0.1, -0.05) is 0 Å². The van der Waals surface area contributed by atoms with Gasteiger partial charge in [-0.05, 0) is 43.3 Å². The maximum atomic E-state index is 13.8. The van der Waals surface area contributed by atoms with Crippen molar-refractivity contribution in [2.24, 2.45) is 0 Å². The number of hydrogen-bond donors (Lipinski definition) is 3. The van der Waals surface area contributed by atoms with E-state index in [0.29, 0.717) is 17.3 Å². The number of halogens is 3. The number of nitrogens with zero attached hydrogens (tertiary/aromatic N) is 2. The highest BCUT2D eigenvalue weighted by molar-refractivity contribution is 5.88. The molecule has 0 aliphatic carbocycles. The number of carboxylic acid groups (broad SMARTS) is 1. The molecule has 0 atom stereocenters. The molecular formula is C18H13F3N4O2. The smallest absolute Gasteiger partial charge is 0.335 e. The molecule has 0 radical (unpaired) electrons. The minimum Gasteiger partial charge on any atom is -0.478 e. The zero-order valence-electron chi connectivity index (χ0n) is 13.9. The molecule has 3 aromatic rings. The second kappa shape index (κ2) is 7.32. The summed E-state index contributed by atoms with van der Waals surface area (Å²) in [6, 6.07) is 9.27. The molecule has 0 bridgehead atoms. The highest BCUT2D eigenvalue weighted by atomic mass is 19.2. The third-order valence-electron chi connectivity index (χ3n) is 3.54. The van der Waals surface area contributed by atoms with E-state index in [2.05, 4.69) is 20.6 Å². The van der Waals surface area contributed by atoms with Crippen molar-refractivity contribution in [1.29, 1.82) is 0 Å². The summed E-state index contributed by atoms with van der Waals surface area (Å²) in [5.74, 6) is -4.42. The van der Waals surface area contributed by atoms with Crippen molar-refractivity contribution >= 4 is 29.0 Å². The minimum atomic E-state index is -1.58. The van der Waals surface area contributed by atoms with Gasteiger partial charge >= 0.3 is 5.97 Å². The fourth-order valence-electron chi connectivity index (χ4n) is 2.30. The average molecular weight is 374 g/mol. The van der Waals surface area contributed by atoms with Crippen LogP contribution in [0.2, 0.25) is 0 Å². The molecule has 27 heavy (non-hydrogen) atoms. The van der Waals surface area contributed by atoms with Gasteiger partial charge in [0, 0.05) is 11.8 Å². The van der Waals surface area contributed by atoms with Gasteiger partial charge in [0.1, 0.15) is 17.5 Å². The normalized spacial score (nSPS) is 10.5. The lowest BCUT2D eigenvalue weighted by molar-refractivity contribution is 0.0697. The molecule has 6 nitrogen and oxygen atoms in total. The van der Waals surface area contributed by atoms with Gasteiger partial charge in [0.05, 0.1) is 11.3 Å². The molecule has 3 rings (SSSR count). The maximum absolute atomic E-state index is 13.8. The molecule has 0 saturated heterocycles. The first-order valence-corrected chi connectivity index (χ1v) is 7.70. The third kappa shape index (κ3) is 4.14. The molecule has 1 aromatic heterocycles. The Balaban J connectivity index is 1.84.